The zero-order valence-electron chi connectivity index (χ0n) is 11.2. The predicted molar refractivity (Wildman–Crippen MR) is 81.2 cm³/mol. The van der Waals surface area contributed by atoms with Crippen LogP contribution < -0.4 is 16.8 Å². The van der Waals surface area contributed by atoms with Gasteiger partial charge in [-0.05, 0) is 31.2 Å². The van der Waals surface area contributed by atoms with Gasteiger partial charge in [0.25, 0.3) is 0 Å². The molecule has 0 bridgehead atoms. The molecule has 0 aliphatic carbocycles. The molecule has 0 saturated carbocycles. The van der Waals surface area contributed by atoms with Crippen molar-refractivity contribution in [2.45, 2.75) is 17.3 Å². The van der Waals surface area contributed by atoms with Gasteiger partial charge in [0.15, 0.2) is 5.16 Å². The molecular weight excluding hydrogens is 293 g/mol. The lowest BCUT2D eigenvalue weighted by atomic mass is 10.3. The maximum absolute atomic E-state index is 12.8. The fourth-order valence-corrected chi connectivity index (χ4v) is 2.30. The average Bonchev–Trinajstić information content (AvgIpc) is 2.40. The van der Waals surface area contributed by atoms with Crippen LogP contribution in [-0.4, -0.2) is 21.1 Å². The summed E-state index contributed by atoms with van der Waals surface area (Å²) in [5.74, 6) is -0.123. The third kappa shape index (κ3) is 4.32. The van der Waals surface area contributed by atoms with Crippen molar-refractivity contribution in [1.29, 1.82) is 0 Å². The van der Waals surface area contributed by atoms with Crippen molar-refractivity contribution in [3.8, 4) is 0 Å². The van der Waals surface area contributed by atoms with Gasteiger partial charge in [0.05, 0.1) is 5.25 Å². The third-order valence-electron chi connectivity index (χ3n) is 2.51. The Kier molecular flexibility index (Phi) is 4.59. The summed E-state index contributed by atoms with van der Waals surface area (Å²) in [5.41, 5.74) is 11.7. The number of aromatic nitrogens is 2. The quantitative estimate of drug-likeness (QED) is 0.588. The van der Waals surface area contributed by atoms with E-state index >= 15 is 0 Å². The Bertz CT molecular complexity index is 629. The van der Waals surface area contributed by atoms with E-state index < -0.39 is 5.25 Å². The van der Waals surface area contributed by atoms with Gasteiger partial charge < -0.3 is 16.8 Å². The number of nitrogens with zero attached hydrogens (tertiary/aromatic N) is 2. The van der Waals surface area contributed by atoms with Gasteiger partial charge in [-0.2, -0.15) is 0 Å². The van der Waals surface area contributed by atoms with Gasteiger partial charge in [-0.3, -0.25) is 4.79 Å². The Morgan fingerprint density at radius 1 is 1.24 bits per heavy atom. The fourth-order valence-electron chi connectivity index (χ4n) is 1.50. The van der Waals surface area contributed by atoms with Gasteiger partial charge in [0.1, 0.15) is 17.5 Å². The van der Waals surface area contributed by atoms with Crippen LogP contribution in [0.3, 0.4) is 0 Å². The van der Waals surface area contributed by atoms with E-state index in [9.17, 15) is 9.18 Å². The number of carbonyl (C=O) groups excluding carboxylic acids is 1. The molecule has 0 radical (unpaired) electrons. The zero-order valence-corrected chi connectivity index (χ0v) is 12.0. The monoisotopic (exact) mass is 307 g/mol. The number of benzene rings is 1. The lowest BCUT2D eigenvalue weighted by Gasteiger charge is -2.11. The molecule has 21 heavy (non-hydrogen) atoms. The highest BCUT2D eigenvalue weighted by Crippen LogP contribution is 2.22. The fraction of sp³-hybridized carbons (Fsp3) is 0.154. The van der Waals surface area contributed by atoms with E-state index in [0.717, 1.165) is 11.8 Å². The summed E-state index contributed by atoms with van der Waals surface area (Å²) in [5, 5.41) is 2.54. The Morgan fingerprint density at radius 2 is 1.81 bits per heavy atom. The van der Waals surface area contributed by atoms with Crippen molar-refractivity contribution in [3.05, 3.63) is 36.1 Å². The Balaban J connectivity index is 2.00. The molecule has 0 aliphatic rings. The van der Waals surface area contributed by atoms with Crippen LogP contribution in [0, 0.1) is 5.82 Å². The summed E-state index contributed by atoms with van der Waals surface area (Å²) in [6.07, 6.45) is 0. The summed E-state index contributed by atoms with van der Waals surface area (Å²) in [6.45, 7) is 1.70. The molecule has 0 spiro atoms. The Morgan fingerprint density at radius 3 is 2.38 bits per heavy atom. The topological polar surface area (TPSA) is 107 Å². The minimum absolute atomic E-state index is 0.246. The van der Waals surface area contributed by atoms with Gasteiger partial charge in [0, 0.05) is 11.8 Å². The SMILES string of the molecule is CC(Sc1nc(N)cc(N)n1)C(=O)Nc1ccc(F)cc1. The standard InChI is InChI=1S/C13H14FN5OS/c1-7(21-13-18-10(15)6-11(16)19-13)12(20)17-9-4-2-8(14)3-5-9/h2-7H,1H3,(H,17,20)(H4,15,16,18,19). The first-order valence-electron chi connectivity index (χ1n) is 6.07. The molecule has 6 nitrogen and oxygen atoms in total. The minimum Gasteiger partial charge on any atom is -0.383 e. The number of anilines is 3. The second-order valence-electron chi connectivity index (χ2n) is 4.26. The van der Waals surface area contributed by atoms with Gasteiger partial charge in [-0.15, -0.1) is 0 Å². The number of hydrogen-bond donors (Lipinski definition) is 3. The predicted octanol–water partition coefficient (Wildman–Crippen LogP) is 1.90. The largest absolute Gasteiger partial charge is 0.383 e. The lowest BCUT2D eigenvalue weighted by molar-refractivity contribution is -0.115. The second kappa shape index (κ2) is 6.40. The first-order chi connectivity index (χ1) is 9.94. The van der Waals surface area contributed by atoms with Gasteiger partial charge >= 0.3 is 0 Å². The molecular formula is C13H14FN5OS. The molecule has 2 rings (SSSR count). The van der Waals surface area contributed by atoms with Crippen LogP contribution in [0.25, 0.3) is 0 Å². The van der Waals surface area contributed by atoms with Crippen molar-refractivity contribution < 1.29 is 9.18 Å². The smallest absolute Gasteiger partial charge is 0.237 e. The second-order valence-corrected chi connectivity index (χ2v) is 5.56. The molecule has 0 saturated heterocycles. The highest BCUT2D eigenvalue weighted by Gasteiger charge is 2.16. The summed E-state index contributed by atoms with van der Waals surface area (Å²) in [4.78, 5) is 20.0. The molecule has 1 unspecified atom stereocenters. The molecule has 0 fully saturated rings. The number of thioether (sulfide) groups is 1. The van der Waals surface area contributed by atoms with Crippen molar-refractivity contribution in [1.82, 2.24) is 9.97 Å². The number of nitrogens with one attached hydrogen (secondary N) is 1. The van der Waals surface area contributed by atoms with Crippen LogP contribution in [0.15, 0.2) is 35.5 Å². The molecule has 1 aromatic heterocycles. The van der Waals surface area contributed by atoms with Gasteiger partial charge in [-0.1, -0.05) is 11.8 Å². The van der Waals surface area contributed by atoms with Crippen molar-refractivity contribution in [3.63, 3.8) is 0 Å². The van der Waals surface area contributed by atoms with E-state index in [0.29, 0.717) is 10.8 Å². The maximum Gasteiger partial charge on any atom is 0.237 e. The van der Waals surface area contributed by atoms with Crippen LogP contribution in [0.5, 0.6) is 0 Å². The molecule has 1 amide bonds. The van der Waals surface area contributed by atoms with Gasteiger partial charge in [-0.25, -0.2) is 14.4 Å². The van der Waals surface area contributed by atoms with Crippen LogP contribution in [-0.2, 0) is 4.79 Å². The lowest BCUT2D eigenvalue weighted by Crippen LogP contribution is -2.22. The highest BCUT2D eigenvalue weighted by molar-refractivity contribution is 8.00. The van der Waals surface area contributed by atoms with E-state index in [-0.39, 0.29) is 23.4 Å². The maximum atomic E-state index is 12.8. The molecule has 110 valence electrons. The highest BCUT2D eigenvalue weighted by atomic mass is 32.2. The van der Waals surface area contributed by atoms with Crippen LogP contribution in [0.4, 0.5) is 21.7 Å². The number of rotatable bonds is 4. The first-order valence-corrected chi connectivity index (χ1v) is 6.95. The van der Waals surface area contributed by atoms with Crippen molar-refractivity contribution in [2.75, 3.05) is 16.8 Å². The molecule has 2 aromatic rings. The van der Waals surface area contributed by atoms with E-state index in [2.05, 4.69) is 15.3 Å². The summed E-state index contributed by atoms with van der Waals surface area (Å²) in [6, 6.07) is 6.96. The van der Waals surface area contributed by atoms with E-state index in [4.69, 9.17) is 11.5 Å². The van der Waals surface area contributed by atoms with E-state index in [1.165, 1.54) is 30.3 Å². The number of halogens is 1. The summed E-state index contributed by atoms with van der Waals surface area (Å²) in [7, 11) is 0. The number of nitrogen functional groups attached to an aromatic ring is 2. The first kappa shape index (κ1) is 15.0. The number of carbonyl (C=O) groups is 1. The molecule has 8 heteroatoms. The molecule has 0 aliphatic heterocycles. The molecule has 1 aromatic carbocycles. The molecule has 5 N–H and O–H groups in total. The van der Waals surface area contributed by atoms with E-state index in [1.54, 1.807) is 6.92 Å². The van der Waals surface area contributed by atoms with Gasteiger partial charge in [0.2, 0.25) is 5.91 Å². The number of nitrogens with two attached hydrogens (primary N) is 2. The van der Waals surface area contributed by atoms with Crippen LogP contribution >= 0.6 is 11.8 Å². The summed E-state index contributed by atoms with van der Waals surface area (Å²) >= 11 is 1.13. The van der Waals surface area contributed by atoms with Crippen molar-refractivity contribution >= 4 is 35.0 Å². The van der Waals surface area contributed by atoms with Crippen molar-refractivity contribution in [2.24, 2.45) is 0 Å². The Labute approximate surface area is 125 Å². The summed E-state index contributed by atoms with van der Waals surface area (Å²) < 4.78 is 12.8. The Hall–Kier alpha value is -2.35. The normalized spacial score (nSPS) is 11.9. The van der Waals surface area contributed by atoms with E-state index in [1.807, 2.05) is 0 Å². The van der Waals surface area contributed by atoms with Crippen LogP contribution in [0.2, 0.25) is 0 Å². The molecule has 1 heterocycles. The minimum atomic E-state index is -0.462. The number of hydrogen-bond acceptors (Lipinski definition) is 6. The van der Waals surface area contributed by atoms with Crippen LogP contribution in [0.1, 0.15) is 6.92 Å². The third-order valence-corrected chi connectivity index (χ3v) is 3.47. The molecule has 1 atom stereocenters. The number of amides is 1. The zero-order chi connectivity index (χ0) is 15.4. The average molecular weight is 307 g/mol.